The number of nitrogens with one attached hydrogen (secondary N) is 1. The molecule has 3 rings (SSSR count). The fraction of sp³-hybridized carbons (Fsp3) is 0.375. The number of aromatic nitrogens is 3. The Morgan fingerprint density at radius 3 is 2.64 bits per heavy atom. The van der Waals surface area contributed by atoms with Crippen molar-refractivity contribution in [1.82, 2.24) is 19.7 Å². The largest absolute Gasteiger partial charge is 0.368 e. The van der Waals surface area contributed by atoms with E-state index in [1.165, 1.54) is 10.9 Å². The highest BCUT2D eigenvalue weighted by Crippen LogP contribution is 2.13. The van der Waals surface area contributed by atoms with Crippen LogP contribution in [0.4, 0.5) is 11.5 Å². The van der Waals surface area contributed by atoms with E-state index in [2.05, 4.69) is 25.2 Å². The highest BCUT2D eigenvalue weighted by molar-refractivity contribution is 6.30. The molecule has 0 unspecified atom stereocenters. The van der Waals surface area contributed by atoms with Gasteiger partial charge in [0.15, 0.2) is 0 Å². The van der Waals surface area contributed by atoms with Gasteiger partial charge in [-0.3, -0.25) is 14.5 Å². The molecule has 1 aliphatic rings. The van der Waals surface area contributed by atoms with E-state index in [4.69, 9.17) is 11.6 Å². The molecule has 1 saturated heterocycles. The molecule has 0 aromatic carbocycles. The Morgan fingerprint density at radius 2 is 2.00 bits per heavy atom. The lowest BCUT2D eigenvalue weighted by atomic mass is 10.3. The van der Waals surface area contributed by atoms with Crippen molar-refractivity contribution in [3.8, 4) is 0 Å². The first-order valence-electron chi connectivity index (χ1n) is 7.93. The van der Waals surface area contributed by atoms with Gasteiger partial charge < -0.3 is 10.2 Å². The molecule has 1 aliphatic heterocycles. The zero-order chi connectivity index (χ0) is 17.8. The number of hydrogen-bond donors (Lipinski definition) is 1. The summed E-state index contributed by atoms with van der Waals surface area (Å²) in [5.41, 5.74) is 0.687. The first-order chi connectivity index (χ1) is 12.0. The third-order valence-corrected chi connectivity index (χ3v) is 4.28. The molecule has 0 aliphatic carbocycles. The second-order valence-corrected chi connectivity index (χ2v) is 6.29. The monoisotopic (exact) mass is 362 g/mol. The number of halogens is 1. The Hall–Kier alpha value is -2.45. The summed E-state index contributed by atoms with van der Waals surface area (Å²) in [6.45, 7) is 3.24. The van der Waals surface area contributed by atoms with Gasteiger partial charge in [0.2, 0.25) is 5.91 Å². The Labute approximate surface area is 150 Å². The van der Waals surface area contributed by atoms with E-state index in [9.17, 15) is 9.59 Å². The molecule has 2 aromatic rings. The van der Waals surface area contributed by atoms with Gasteiger partial charge in [-0.25, -0.2) is 9.67 Å². The van der Waals surface area contributed by atoms with E-state index < -0.39 is 0 Å². The van der Waals surface area contributed by atoms with Crippen molar-refractivity contribution in [3.63, 3.8) is 0 Å². The summed E-state index contributed by atoms with van der Waals surface area (Å²) in [4.78, 5) is 32.0. The van der Waals surface area contributed by atoms with Gasteiger partial charge in [0.25, 0.3) is 5.56 Å². The van der Waals surface area contributed by atoms with Gasteiger partial charge in [0.1, 0.15) is 5.82 Å². The summed E-state index contributed by atoms with van der Waals surface area (Å²) in [5, 5.41) is 7.32. The van der Waals surface area contributed by atoms with Crippen molar-refractivity contribution in [3.05, 3.63) is 46.0 Å². The number of carbonyl (C=O) groups excluding carboxylic acids is 1. The molecular weight excluding hydrogens is 344 g/mol. The zero-order valence-corrected chi connectivity index (χ0v) is 14.6. The number of pyridine rings is 1. The first kappa shape index (κ1) is 17.4. The average Bonchev–Trinajstić information content (AvgIpc) is 2.60. The lowest BCUT2D eigenvalue weighted by Gasteiger charge is -2.35. The van der Waals surface area contributed by atoms with Crippen LogP contribution in [0.2, 0.25) is 5.02 Å². The van der Waals surface area contributed by atoms with Crippen molar-refractivity contribution >= 4 is 29.0 Å². The van der Waals surface area contributed by atoms with Crippen LogP contribution in [-0.4, -0.2) is 58.3 Å². The maximum absolute atomic E-state index is 12.1. The molecule has 3 heterocycles. The third-order valence-electron chi connectivity index (χ3n) is 4.05. The van der Waals surface area contributed by atoms with Gasteiger partial charge in [0, 0.05) is 45.5 Å². The van der Waals surface area contributed by atoms with Crippen LogP contribution in [0.5, 0.6) is 0 Å². The Balaban J connectivity index is 1.50. The summed E-state index contributed by atoms with van der Waals surface area (Å²) in [6, 6.07) is 4.93. The minimum absolute atomic E-state index is 0.112. The van der Waals surface area contributed by atoms with Crippen LogP contribution >= 0.6 is 11.6 Å². The van der Waals surface area contributed by atoms with Crippen LogP contribution in [0.1, 0.15) is 0 Å². The van der Waals surface area contributed by atoms with Gasteiger partial charge in [-0.1, -0.05) is 11.6 Å². The highest BCUT2D eigenvalue weighted by Gasteiger charge is 2.20. The standard InChI is InChI=1S/C16H19ClN6O2/c1-21-16(25)8-13(10-19-21)23-6-4-22(5-7-23)11-15(24)20-14-3-2-12(17)9-18-14/h2-3,8-10H,4-7,11H2,1H3,(H,18,20,24). The number of nitrogens with zero attached hydrogens (tertiary/aromatic N) is 5. The van der Waals surface area contributed by atoms with Crippen molar-refractivity contribution in [2.75, 3.05) is 42.9 Å². The van der Waals surface area contributed by atoms with E-state index in [0.717, 1.165) is 31.9 Å². The molecule has 0 spiro atoms. The first-order valence-corrected chi connectivity index (χ1v) is 8.31. The van der Waals surface area contributed by atoms with Gasteiger partial charge >= 0.3 is 0 Å². The predicted octanol–water partition coefficient (Wildman–Crippen LogP) is 0.589. The molecule has 8 nitrogen and oxygen atoms in total. The van der Waals surface area contributed by atoms with E-state index in [1.807, 2.05) is 0 Å². The fourth-order valence-corrected chi connectivity index (χ4v) is 2.74. The molecule has 0 bridgehead atoms. The minimum atomic E-state index is -0.130. The molecule has 2 aromatic heterocycles. The Morgan fingerprint density at radius 1 is 1.24 bits per heavy atom. The highest BCUT2D eigenvalue weighted by atomic mass is 35.5. The van der Waals surface area contributed by atoms with Crippen LogP contribution in [0.15, 0.2) is 35.4 Å². The Bertz CT molecular complexity index is 799. The summed E-state index contributed by atoms with van der Waals surface area (Å²) in [7, 11) is 1.62. The number of anilines is 2. The molecule has 1 amide bonds. The van der Waals surface area contributed by atoms with Crippen molar-refractivity contribution in [1.29, 1.82) is 0 Å². The third kappa shape index (κ3) is 4.55. The van der Waals surface area contributed by atoms with E-state index in [0.29, 0.717) is 17.4 Å². The zero-order valence-electron chi connectivity index (χ0n) is 13.9. The van der Waals surface area contributed by atoms with Crippen LogP contribution < -0.4 is 15.8 Å². The van der Waals surface area contributed by atoms with Crippen LogP contribution in [0.3, 0.4) is 0 Å². The lowest BCUT2D eigenvalue weighted by Crippen LogP contribution is -2.49. The molecule has 9 heteroatoms. The number of rotatable bonds is 4. The van der Waals surface area contributed by atoms with Gasteiger partial charge in [-0.2, -0.15) is 5.10 Å². The van der Waals surface area contributed by atoms with Gasteiger partial charge in [-0.05, 0) is 12.1 Å². The van der Waals surface area contributed by atoms with E-state index in [-0.39, 0.29) is 11.5 Å². The molecule has 132 valence electrons. The van der Waals surface area contributed by atoms with Crippen LogP contribution in [-0.2, 0) is 11.8 Å². The molecular formula is C16H19ClN6O2. The quantitative estimate of drug-likeness (QED) is 0.857. The average molecular weight is 363 g/mol. The molecule has 0 radical (unpaired) electrons. The number of hydrogen-bond acceptors (Lipinski definition) is 6. The topological polar surface area (TPSA) is 83.4 Å². The lowest BCUT2D eigenvalue weighted by molar-refractivity contribution is -0.117. The summed E-state index contributed by atoms with van der Waals surface area (Å²) < 4.78 is 1.30. The summed E-state index contributed by atoms with van der Waals surface area (Å²) in [5.74, 6) is 0.373. The van der Waals surface area contributed by atoms with Crippen molar-refractivity contribution in [2.45, 2.75) is 0 Å². The van der Waals surface area contributed by atoms with Crippen LogP contribution in [0.25, 0.3) is 0 Å². The smallest absolute Gasteiger partial charge is 0.268 e. The molecule has 0 atom stereocenters. The number of piperazine rings is 1. The van der Waals surface area contributed by atoms with E-state index >= 15 is 0 Å². The summed E-state index contributed by atoms with van der Waals surface area (Å²) in [6.07, 6.45) is 3.18. The maximum Gasteiger partial charge on any atom is 0.268 e. The van der Waals surface area contributed by atoms with Crippen LogP contribution in [0, 0.1) is 0 Å². The fourth-order valence-electron chi connectivity index (χ4n) is 2.63. The molecule has 1 fully saturated rings. The predicted molar refractivity (Wildman–Crippen MR) is 96.0 cm³/mol. The normalized spacial score (nSPS) is 15.2. The van der Waals surface area contributed by atoms with Gasteiger partial charge in [-0.15, -0.1) is 0 Å². The number of amides is 1. The molecule has 1 N–H and O–H groups in total. The second-order valence-electron chi connectivity index (χ2n) is 5.85. The molecule has 0 saturated carbocycles. The number of aryl methyl sites for hydroxylation is 1. The molecule has 25 heavy (non-hydrogen) atoms. The second kappa shape index (κ2) is 7.62. The van der Waals surface area contributed by atoms with Crippen molar-refractivity contribution < 1.29 is 4.79 Å². The number of carbonyl (C=O) groups is 1. The van der Waals surface area contributed by atoms with Crippen molar-refractivity contribution in [2.24, 2.45) is 7.05 Å². The SMILES string of the molecule is Cn1ncc(N2CCN(CC(=O)Nc3ccc(Cl)cn3)CC2)cc1=O. The van der Waals surface area contributed by atoms with Gasteiger partial charge in [0.05, 0.1) is 23.5 Å². The minimum Gasteiger partial charge on any atom is -0.368 e. The summed E-state index contributed by atoms with van der Waals surface area (Å²) >= 11 is 5.77. The maximum atomic E-state index is 12.1. The van der Waals surface area contributed by atoms with E-state index in [1.54, 1.807) is 31.4 Å². The Kier molecular flexibility index (Phi) is 5.30.